The van der Waals surface area contributed by atoms with Gasteiger partial charge in [0.05, 0.1) is 0 Å². The normalized spacial score (nSPS) is 16.3. The minimum atomic E-state index is -0.251. The van der Waals surface area contributed by atoms with E-state index in [1.165, 1.54) is 32.7 Å². The molecule has 0 bridgehead atoms. The molecule has 42 heavy (non-hydrogen) atoms. The third kappa shape index (κ3) is 5.24. The Balaban J connectivity index is 1.10. The molecule has 1 aromatic heterocycles. The fourth-order valence-corrected chi connectivity index (χ4v) is 9.11. The molecular formula is C35H32F2IN4-. The number of benzene rings is 4. The number of halogens is 3. The first-order chi connectivity index (χ1) is 20.5. The molecule has 4 aromatic carbocycles. The van der Waals surface area contributed by atoms with E-state index in [4.69, 9.17) is 5.10 Å². The number of aromatic nitrogens is 2. The maximum atomic E-state index is 14.6. The van der Waals surface area contributed by atoms with E-state index in [1.807, 2.05) is 29.9 Å². The van der Waals surface area contributed by atoms with Crippen molar-refractivity contribution in [2.45, 2.75) is 25.9 Å². The molecule has 0 atom stereocenters. The number of nitrogens with zero attached hydrogens (tertiary/aromatic N) is 4. The maximum absolute atomic E-state index is 14.6. The molecule has 1 fully saturated rings. The van der Waals surface area contributed by atoms with E-state index in [9.17, 15) is 8.78 Å². The predicted molar refractivity (Wildman–Crippen MR) is 160 cm³/mol. The Morgan fingerprint density at radius 1 is 0.857 bits per heavy atom. The summed E-state index contributed by atoms with van der Waals surface area (Å²) in [5, 5.41) is 5.72. The van der Waals surface area contributed by atoms with E-state index >= 15 is 0 Å². The average Bonchev–Trinajstić information content (AvgIpc) is 3.35. The molecule has 0 saturated carbocycles. The second-order valence-electron chi connectivity index (χ2n) is 11.1. The van der Waals surface area contributed by atoms with Crippen molar-refractivity contribution < 1.29 is 30.0 Å². The van der Waals surface area contributed by atoms with Crippen molar-refractivity contribution in [2.24, 2.45) is 13.0 Å². The molecule has 214 valence electrons. The Bertz CT molecular complexity index is 1790. The Morgan fingerprint density at radius 3 is 2.48 bits per heavy atom. The fraction of sp³-hybridized carbons (Fsp3) is 0.229. The molecule has 0 N–H and O–H groups in total. The predicted octanol–water partition coefficient (Wildman–Crippen LogP) is 4.55. The fourth-order valence-electron chi connectivity index (χ4n) is 6.41. The number of hydrogen-bond acceptors (Lipinski definition) is 3. The second kappa shape index (κ2) is 11.6. The summed E-state index contributed by atoms with van der Waals surface area (Å²) in [5.41, 5.74) is 7.19. The van der Waals surface area contributed by atoms with Crippen LogP contribution in [0.25, 0.3) is 22.2 Å². The molecule has 3 heterocycles. The Labute approximate surface area is 255 Å². The van der Waals surface area contributed by atoms with Crippen LogP contribution in [-0.2, 0) is 20.1 Å². The van der Waals surface area contributed by atoms with Crippen LogP contribution in [0.15, 0.2) is 101 Å². The quantitative estimate of drug-likeness (QED) is 0.248. The number of rotatable bonds is 6. The average molecular weight is 674 g/mol. The third-order valence-electron chi connectivity index (χ3n) is 8.45. The zero-order valence-corrected chi connectivity index (χ0v) is 25.6. The number of hydrogen-bond donors (Lipinski definition) is 0. The molecule has 2 aliphatic heterocycles. The van der Waals surface area contributed by atoms with Crippen LogP contribution >= 0.6 is 0 Å². The van der Waals surface area contributed by atoms with Crippen LogP contribution in [0.2, 0.25) is 0 Å². The first kappa shape index (κ1) is 27.3. The molecule has 5 aromatic rings. The van der Waals surface area contributed by atoms with Gasteiger partial charge in [-0.1, -0.05) is 12.1 Å². The minimum absolute atomic E-state index is 0.187. The van der Waals surface area contributed by atoms with E-state index in [0.717, 1.165) is 48.9 Å². The van der Waals surface area contributed by atoms with E-state index in [0.29, 0.717) is 23.7 Å². The molecule has 0 radical (unpaired) electrons. The first-order valence-electron chi connectivity index (χ1n) is 14.4. The van der Waals surface area contributed by atoms with Gasteiger partial charge in [-0.15, -0.1) is 0 Å². The van der Waals surface area contributed by atoms with Gasteiger partial charge < -0.3 is 0 Å². The summed E-state index contributed by atoms with van der Waals surface area (Å²) in [6.07, 6.45) is 2.17. The van der Waals surface area contributed by atoms with Gasteiger partial charge in [0.2, 0.25) is 0 Å². The summed E-state index contributed by atoms with van der Waals surface area (Å²) in [6, 6.07) is 28.8. The van der Waals surface area contributed by atoms with Crippen molar-refractivity contribution in [3.63, 3.8) is 0 Å². The molecule has 0 aliphatic carbocycles. The Hall–Kier alpha value is -3.56. The van der Waals surface area contributed by atoms with E-state index in [2.05, 4.69) is 50.3 Å². The van der Waals surface area contributed by atoms with Crippen LogP contribution in [0.4, 0.5) is 14.5 Å². The summed E-state index contributed by atoms with van der Waals surface area (Å²) in [4.78, 5) is 4.97. The Morgan fingerprint density at radius 2 is 1.64 bits per heavy atom. The van der Waals surface area contributed by atoms with Crippen LogP contribution in [0.3, 0.4) is 0 Å². The molecule has 2 aliphatic rings. The van der Waals surface area contributed by atoms with Crippen molar-refractivity contribution in [1.82, 2.24) is 14.7 Å². The van der Waals surface area contributed by atoms with Gasteiger partial charge in [0.25, 0.3) is 0 Å². The number of allylic oxidation sites excluding steroid dienone is 1. The molecule has 7 rings (SSSR count). The first-order valence-corrected chi connectivity index (χ1v) is 16.7. The molecule has 0 spiro atoms. The van der Waals surface area contributed by atoms with Gasteiger partial charge in [-0.3, -0.25) is 0 Å². The summed E-state index contributed by atoms with van der Waals surface area (Å²) < 4.78 is 34.5. The molecule has 0 amide bonds. The van der Waals surface area contributed by atoms with Crippen molar-refractivity contribution in [1.29, 1.82) is 0 Å². The molecule has 1 saturated heterocycles. The number of aryl methyl sites for hydroxylation is 1. The van der Waals surface area contributed by atoms with Crippen LogP contribution in [0.1, 0.15) is 24.0 Å². The summed E-state index contributed by atoms with van der Waals surface area (Å²) >= 11 is -0.205. The summed E-state index contributed by atoms with van der Waals surface area (Å²) in [5.74, 6) is 0.0371. The van der Waals surface area contributed by atoms with E-state index in [-0.39, 0.29) is 32.8 Å². The van der Waals surface area contributed by atoms with Crippen molar-refractivity contribution >= 4 is 16.6 Å². The van der Waals surface area contributed by atoms with Gasteiger partial charge in [-0.05, 0) is 12.1 Å². The zero-order valence-electron chi connectivity index (χ0n) is 23.5. The van der Waals surface area contributed by atoms with Crippen molar-refractivity contribution in [3.8, 4) is 11.3 Å². The van der Waals surface area contributed by atoms with Crippen LogP contribution in [-0.4, -0.2) is 27.8 Å². The van der Waals surface area contributed by atoms with Gasteiger partial charge in [0.15, 0.2) is 0 Å². The third-order valence-corrected chi connectivity index (χ3v) is 11.0. The number of likely N-dealkylation sites (tertiary alicyclic amines) is 1. The standard InChI is InChI=1S/C35H32F2IN4/c1-40-35-26(9-7-12-29(35)34(39-40)28-11-2-3-13-30(28)37)23-41-18-16-25(17-19-41)33-21-38-31-14-4-5-15-32(31)42(33)22-24-8-6-10-27(36)20-24/h2-15,20-21,25H,16-19,22-23H2,1H3/q-1. The second-order valence-corrected chi connectivity index (χ2v) is 13.5. The van der Waals surface area contributed by atoms with Crippen LogP contribution in [0.5, 0.6) is 0 Å². The van der Waals surface area contributed by atoms with Crippen molar-refractivity contribution in [3.05, 3.63) is 127 Å². The summed E-state index contributed by atoms with van der Waals surface area (Å²) in [7, 11) is 1.95. The molecule has 4 nitrogen and oxygen atoms in total. The topological polar surface area (TPSA) is 24.3 Å². The monoisotopic (exact) mass is 673 g/mol. The van der Waals surface area contributed by atoms with Gasteiger partial charge in [0.1, 0.15) is 5.82 Å². The molecule has 7 heteroatoms. The number of piperidine rings is 1. The molecular weight excluding hydrogens is 641 g/mol. The van der Waals surface area contributed by atoms with Gasteiger partial charge >= 0.3 is 222 Å². The SMILES string of the molecule is Cn1nc(-c2ccccc2F)c2cccc(CN3CCC(C4=C[I-]c5ccccc5N4Cc4cccc(F)c4)CC3)c21. The number of fused-ring (bicyclic) bond motifs is 2. The van der Waals surface area contributed by atoms with Gasteiger partial charge in [-0.25, -0.2) is 4.39 Å². The van der Waals surface area contributed by atoms with Crippen molar-refractivity contribution in [2.75, 3.05) is 18.0 Å². The number of para-hydroxylation sites is 2. The number of anilines is 1. The van der Waals surface area contributed by atoms with E-state index in [1.54, 1.807) is 24.3 Å². The van der Waals surface area contributed by atoms with Gasteiger partial charge in [0, 0.05) is 0 Å². The van der Waals surface area contributed by atoms with Crippen LogP contribution in [0, 0.1) is 21.1 Å². The van der Waals surface area contributed by atoms with Gasteiger partial charge in [-0.2, -0.15) is 0 Å². The van der Waals surface area contributed by atoms with Crippen LogP contribution < -0.4 is 26.1 Å². The zero-order chi connectivity index (χ0) is 28.6. The van der Waals surface area contributed by atoms with E-state index < -0.39 is 0 Å². The summed E-state index contributed by atoms with van der Waals surface area (Å²) in [6.45, 7) is 3.52. The Kier molecular flexibility index (Phi) is 7.54. The molecule has 0 unspecified atom stereocenters.